The van der Waals surface area contributed by atoms with Gasteiger partial charge in [0, 0.05) is 23.9 Å². The number of thiophene rings is 1. The summed E-state index contributed by atoms with van der Waals surface area (Å²) in [6, 6.07) is 14.0. The average molecular weight is 438 g/mol. The zero-order valence-corrected chi connectivity index (χ0v) is 18.8. The third-order valence-electron chi connectivity index (χ3n) is 4.87. The first kappa shape index (κ1) is 22.5. The summed E-state index contributed by atoms with van der Waals surface area (Å²) in [5.41, 5.74) is 2.76. The van der Waals surface area contributed by atoms with Crippen LogP contribution in [0.1, 0.15) is 31.9 Å². The van der Waals surface area contributed by atoms with Gasteiger partial charge in [0.1, 0.15) is 5.69 Å². The number of nitrogens with one attached hydrogen (secondary N) is 1. The summed E-state index contributed by atoms with van der Waals surface area (Å²) in [5.74, 6) is -0.569. The van der Waals surface area contributed by atoms with Crippen LogP contribution in [0.3, 0.4) is 0 Å². The molecule has 162 valence electrons. The molecule has 0 spiro atoms. The van der Waals surface area contributed by atoms with Gasteiger partial charge >= 0.3 is 5.97 Å². The number of aromatic nitrogens is 2. The Morgan fingerprint density at radius 3 is 2.61 bits per heavy atom. The van der Waals surface area contributed by atoms with Gasteiger partial charge in [-0.25, -0.2) is 4.79 Å². The van der Waals surface area contributed by atoms with E-state index in [1.54, 1.807) is 17.4 Å². The summed E-state index contributed by atoms with van der Waals surface area (Å²) in [4.78, 5) is 25.0. The first-order valence-corrected chi connectivity index (χ1v) is 11.1. The third kappa shape index (κ3) is 6.65. The molecule has 0 saturated heterocycles. The molecule has 0 aliphatic rings. The van der Waals surface area contributed by atoms with Crippen molar-refractivity contribution in [2.75, 3.05) is 6.61 Å². The molecule has 31 heavy (non-hydrogen) atoms. The Labute approximate surface area is 186 Å². The minimum absolute atomic E-state index is 0.0190. The first-order valence-electron chi connectivity index (χ1n) is 10.2. The molecule has 7 heteroatoms. The molecule has 0 radical (unpaired) electrons. The van der Waals surface area contributed by atoms with E-state index in [1.807, 2.05) is 79.5 Å². The van der Waals surface area contributed by atoms with Crippen LogP contribution in [-0.2, 0) is 20.9 Å². The van der Waals surface area contributed by atoms with Crippen molar-refractivity contribution in [2.45, 2.75) is 33.4 Å². The molecule has 0 saturated carbocycles. The van der Waals surface area contributed by atoms with E-state index in [9.17, 15) is 9.59 Å². The van der Waals surface area contributed by atoms with E-state index in [-0.39, 0.29) is 18.6 Å². The van der Waals surface area contributed by atoms with Crippen molar-refractivity contribution in [3.63, 3.8) is 0 Å². The van der Waals surface area contributed by atoms with Gasteiger partial charge in [0.05, 0.1) is 11.4 Å². The van der Waals surface area contributed by atoms with Crippen molar-refractivity contribution < 1.29 is 14.3 Å². The summed E-state index contributed by atoms with van der Waals surface area (Å²) in [6.45, 7) is 6.28. The lowest BCUT2D eigenvalue weighted by molar-refractivity contribution is -0.144. The number of rotatable bonds is 9. The number of hydrogen-bond acceptors (Lipinski definition) is 5. The molecule has 3 aromatic rings. The lowest BCUT2D eigenvalue weighted by atomic mass is 10.1. The molecule has 0 fully saturated rings. The predicted molar refractivity (Wildman–Crippen MR) is 124 cm³/mol. The molecule has 1 N–H and O–H groups in total. The number of esters is 1. The molecule has 0 aliphatic carbocycles. The lowest BCUT2D eigenvalue weighted by Gasteiger charge is -2.16. The zero-order chi connectivity index (χ0) is 22.2. The highest BCUT2D eigenvalue weighted by molar-refractivity contribution is 7.13. The van der Waals surface area contributed by atoms with Crippen molar-refractivity contribution >= 4 is 29.3 Å². The van der Waals surface area contributed by atoms with Gasteiger partial charge in [0.15, 0.2) is 6.61 Å². The molecule has 2 aromatic heterocycles. The fourth-order valence-corrected chi connectivity index (χ4v) is 3.55. The molecule has 1 unspecified atom stereocenters. The predicted octanol–water partition coefficient (Wildman–Crippen LogP) is 4.38. The van der Waals surface area contributed by atoms with Crippen molar-refractivity contribution in [1.82, 2.24) is 15.1 Å². The highest BCUT2D eigenvalue weighted by Gasteiger charge is 2.13. The SMILES string of the molecule is CC(C)C(C)NC(=O)COC(=O)C=Cc1cn(Cc2ccccc2)nc1-c1cccs1. The van der Waals surface area contributed by atoms with Gasteiger partial charge in [0.25, 0.3) is 5.91 Å². The smallest absolute Gasteiger partial charge is 0.331 e. The van der Waals surface area contributed by atoms with Gasteiger partial charge in [0.2, 0.25) is 0 Å². The highest BCUT2D eigenvalue weighted by atomic mass is 32.1. The molecule has 1 amide bonds. The maximum absolute atomic E-state index is 12.1. The van der Waals surface area contributed by atoms with Crippen LogP contribution in [0, 0.1) is 5.92 Å². The van der Waals surface area contributed by atoms with Gasteiger partial charge in [-0.15, -0.1) is 11.3 Å². The van der Waals surface area contributed by atoms with E-state index >= 15 is 0 Å². The molecule has 2 heterocycles. The number of hydrogen-bond donors (Lipinski definition) is 1. The Balaban J connectivity index is 1.67. The van der Waals surface area contributed by atoms with Crippen molar-refractivity contribution in [3.05, 3.63) is 71.2 Å². The molecule has 6 nitrogen and oxygen atoms in total. The average Bonchev–Trinajstić information content (AvgIpc) is 3.41. The van der Waals surface area contributed by atoms with Crippen LogP contribution in [-0.4, -0.2) is 34.3 Å². The van der Waals surface area contributed by atoms with Gasteiger partial charge in [-0.3, -0.25) is 9.48 Å². The first-order chi connectivity index (χ1) is 14.9. The van der Waals surface area contributed by atoms with Crippen LogP contribution in [0.25, 0.3) is 16.6 Å². The molecular weight excluding hydrogens is 410 g/mol. The van der Waals surface area contributed by atoms with Gasteiger partial charge in [-0.2, -0.15) is 5.10 Å². The van der Waals surface area contributed by atoms with Gasteiger partial charge < -0.3 is 10.1 Å². The molecule has 3 rings (SSSR count). The summed E-state index contributed by atoms with van der Waals surface area (Å²) in [5, 5.41) is 9.51. The molecule has 1 atom stereocenters. The van der Waals surface area contributed by atoms with Crippen LogP contribution in [0.4, 0.5) is 0 Å². The van der Waals surface area contributed by atoms with Crippen molar-refractivity contribution in [2.24, 2.45) is 5.92 Å². The van der Waals surface area contributed by atoms with Crippen LogP contribution in [0.15, 0.2) is 60.1 Å². The van der Waals surface area contributed by atoms with Gasteiger partial charge in [-0.1, -0.05) is 50.2 Å². The second-order valence-corrected chi connectivity index (χ2v) is 8.58. The van der Waals surface area contributed by atoms with E-state index in [0.29, 0.717) is 12.5 Å². The number of ether oxygens (including phenoxy) is 1. The minimum Gasteiger partial charge on any atom is -0.452 e. The topological polar surface area (TPSA) is 73.2 Å². The number of nitrogens with zero attached hydrogens (tertiary/aromatic N) is 2. The minimum atomic E-state index is -0.569. The fourth-order valence-electron chi connectivity index (χ4n) is 2.82. The van der Waals surface area contributed by atoms with Crippen molar-refractivity contribution in [3.8, 4) is 10.6 Å². The Kier molecular flexibility index (Phi) is 7.78. The fraction of sp³-hybridized carbons (Fsp3) is 0.292. The van der Waals surface area contributed by atoms with Crippen LogP contribution >= 0.6 is 11.3 Å². The monoisotopic (exact) mass is 437 g/mol. The normalized spacial score (nSPS) is 12.3. The number of amides is 1. The Bertz CT molecular complexity index is 1020. The largest absolute Gasteiger partial charge is 0.452 e. The number of carbonyl (C=O) groups is 2. The van der Waals surface area contributed by atoms with E-state index in [2.05, 4.69) is 5.32 Å². The molecule has 0 aliphatic heterocycles. The Hall–Kier alpha value is -3.19. The molecule has 0 bridgehead atoms. The Morgan fingerprint density at radius 2 is 1.94 bits per heavy atom. The maximum Gasteiger partial charge on any atom is 0.331 e. The van der Waals surface area contributed by atoms with E-state index in [4.69, 9.17) is 9.84 Å². The second kappa shape index (κ2) is 10.7. The van der Waals surface area contributed by atoms with Crippen LogP contribution in [0.5, 0.6) is 0 Å². The summed E-state index contributed by atoms with van der Waals surface area (Å²) < 4.78 is 6.93. The number of benzene rings is 1. The van der Waals surface area contributed by atoms with Gasteiger partial charge in [-0.05, 0) is 35.9 Å². The standard InChI is InChI=1S/C24H27N3O3S/c1-17(2)18(3)25-22(28)16-30-23(29)12-11-20-15-27(14-19-8-5-4-6-9-19)26-24(20)21-10-7-13-31-21/h4-13,15,17-18H,14,16H2,1-3H3,(H,25,28). The second-order valence-electron chi connectivity index (χ2n) is 7.63. The quantitative estimate of drug-likeness (QED) is 0.398. The van der Waals surface area contributed by atoms with Crippen LogP contribution in [0.2, 0.25) is 0 Å². The Morgan fingerprint density at radius 1 is 1.16 bits per heavy atom. The molecular formula is C24H27N3O3S. The summed E-state index contributed by atoms with van der Waals surface area (Å²) in [6.07, 6.45) is 4.92. The third-order valence-corrected chi connectivity index (χ3v) is 5.74. The van der Waals surface area contributed by atoms with E-state index < -0.39 is 5.97 Å². The molecule has 1 aromatic carbocycles. The van der Waals surface area contributed by atoms with Crippen molar-refractivity contribution in [1.29, 1.82) is 0 Å². The summed E-state index contributed by atoms with van der Waals surface area (Å²) >= 11 is 1.59. The summed E-state index contributed by atoms with van der Waals surface area (Å²) in [7, 11) is 0. The van der Waals surface area contributed by atoms with Crippen LogP contribution < -0.4 is 5.32 Å². The number of carbonyl (C=O) groups excluding carboxylic acids is 2. The maximum atomic E-state index is 12.1. The highest BCUT2D eigenvalue weighted by Crippen LogP contribution is 2.27. The van der Waals surface area contributed by atoms with E-state index in [1.165, 1.54) is 6.08 Å². The zero-order valence-electron chi connectivity index (χ0n) is 17.9. The lowest BCUT2D eigenvalue weighted by Crippen LogP contribution is -2.38. The van der Waals surface area contributed by atoms with E-state index in [0.717, 1.165) is 21.7 Å².